The molecule has 56 heavy (non-hydrogen) atoms. The lowest BCUT2D eigenvalue weighted by molar-refractivity contribution is -0.155. The molecular weight excluding hydrogens is 755 g/mol. The van der Waals surface area contributed by atoms with Crippen molar-refractivity contribution < 1.29 is 41.1 Å². The summed E-state index contributed by atoms with van der Waals surface area (Å²) in [6, 6.07) is 7.45. The maximum Gasteiger partial charge on any atom is 0.336 e. The Balaban J connectivity index is 1.35. The minimum Gasteiger partial charge on any atom is -0.461 e. The third-order valence-corrected chi connectivity index (χ3v) is 10.6. The topological polar surface area (TPSA) is 197 Å². The number of amides is 2. The Hall–Kier alpha value is -5.75. The highest BCUT2D eigenvalue weighted by atomic mass is 32.2. The lowest BCUT2D eigenvalue weighted by atomic mass is 9.95. The van der Waals surface area contributed by atoms with E-state index in [-0.39, 0.29) is 23.0 Å². The van der Waals surface area contributed by atoms with Gasteiger partial charge in [0.2, 0.25) is 5.91 Å². The fourth-order valence-electron chi connectivity index (χ4n) is 5.57. The number of nitrogens with one attached hydrogen (secondary N) is 3. The molecule has 0 unspecified atom stereocenters. The molecule has 1 aliphatic heterocycles. The van der Waals surface area contributed by atoms with Gasteiger partial charge < -0.3 is 24.7 Å². The minimum atomic E-state index is -4.45. The molecule has 15 nitrogen and oxygen atoms in total. The minimum absolute atomic E-state index is 0.0164. The molecule has 1 atom stereocenters. The first-order valence-corrected chi connectivity index (χ1v) is 19.0. The predicted molar refractivity (Wildman–Crippen MR) is 201 cm³/mol. The molecule has 1 aliphatic rings. The number of benzene rings is 2. The molecule has 5 rings (SSSR count). The van der Waals surface area contributed by atoms with Crippen molar-refractivity contribution in [2.75, 3.05) is 23.3 Å². The van der Waals surface area contributed by atoms with Crippen LogP contribution in [0.25, 0.3) is 5.82 Å². The first-order chi connectivity index (χ1) is 26.3. The molecule has 0 bridgehead atoms. The largest absolute Gasteiger partial charge is 0.461 e. The normalized spacial score (nSPS) is 14.1. The number of sulfonamides is 1. The number of nitrogens with zero attached hydrogens (tertiary/aromatic N) is 3. The molecule has 4 aromatic rings. The van der Waals surface area contributed by atoms with Crippen LogP contribution in [0.15, 0.2) is 69.2 Å². The van der Waals surface area contributed by atoms with Gasteiger partial charge in [0.15, 0.2) is 0 Å². The van der Waals surface area contributed by atoms with Crippen LogP contribution < -0.4 is 26.6 Å². The Morgan fingerprint density at radius 3 is 2.27 bits per heavy atom. The van der Waals surface area contributed by atoms with Gasteiger partial charge in [0, 0.05) is 60.9 Å². The standard InChI is InChI=1S/C38H42F2N6O9S/c1-21-22(2)45(6)37(51)46(34(21)48)32-12-7-23(20-41-32)17-31(35(49)55-25-13-15-54-16-14-25)43-33(47)27-18-29(40)30(19-28(27)39)44-56(52,53)26-10-8-24(9-11-26)42-36(50)38(3,4)5/h7-12,18-20,25,31,44H,13-17H2,1-6H3,(H,42,50)(H,43,47)/t31-/m0/s1. The van der Waals surface area contributed by atoms with E-state index in [1.807, 2.05) is 4.72 Å². The van der Waals surface area contributed by atoms with Crippen LogP contribution in [0.2, 0.25) is 0 Å². The third-order valence-electron chi connectivity index (χ3n) is 9.22. The summed E-state index contributed by atoms with van der Waals surface area (Å²) >= 11 is 0. The zero-order valence-corrected chi connectivity index (χ0v) is 32.4. The quantitative estimate of drug-likeness (QED) is 0.189. The smallest absolute Gasteiger partial charge is 0.336 e. The fourth-order valence-corrected chi connectivity index (χ4v) is 6.63. The number of hydrogen-bond donors (Lipinski definition) is 3. The Morgan fingerprint density at radius 1 is 1.00 bits per heavy atom. The number of pyridine rings is 1. The van der Waals surface area contributed by atoms with Crippen molar-refractivity contribution in [3.05, 3.63) is 110 Å². The second-order valence-corrected chi connectivity index (χ2v) is 16.0. The van der Waals surface area contributed by atoms with Crippen molar-refractivity contribution in [1.82, 2.24) is 19.4 Å². The van der Waals surface area contributed by atoms with Crippen molar-refractivity contribution in [2.45, 2.75) is 70.9 Å². The maximum atomic E-state index is 15.4. The molecule has 0 radical (unpaired) electrons. The molecule has 18 heteroatoms. The summed E-state index contributed by atoms with van der Waals surface area (Å²) < 4.78 is 72.0. The average molecular weight is 797 g/mol. The van der Waals surface area contributed by atoms with Crippen LogP contribution in [-0.2, 0) is 42.6 Å². The number of carbonyl (C=O) groups is 3. The lowest BCUT2D eigenvalue weighted by Gasteiger charge is -2.25. The van der Waals surface area contributed by atoms with E-state index < -0.39 is 73.6 Å². The van der Waals surface area contributed by atoms with Gasteiger partial charge in [-0.15, -0.1) is 0 Å². The van der Waals surface area contributed by atoms with E-state index >= 15 is 8.78 Å². The molecule has 0 spiro atoms. The van der Waals surface area contributed by atoms with Gasteiger partial charge in [0.05, 0.1) is 29.4 Å². The van der Waals surface area contributed by atoms with E-state index in [1.165, 1.54) is 54.2 Å². The lowest BCUT2D eigenvalue weighted by Crippen LogP contribution is -2.45. The summed E-state index contributed by atoms with van der Waals surface area (Å²) in [6.45, 7) is 9.03. The monoisotopic (exact) mass is 796 g/mol. The zero-order chi connectivity index (χ0) is 41.1. The van der Waals surface area contributed by atoms with E-state index in [4.69, 9.17) is 9.47 Å². The van der Waals surface area contributed by atoms with Crippen LogP contribution in [0, 0.1) is 30.9 Å². The molecule has 0 aliphatic carbocycles. The molecule has 0 saturated carbocycles. The third kappa shape index (κ3) is 9.36. The molecule has 1 saturated heterocycles. The molecule has 3 heterocycles. The molecule has 2 aromatic carbocycles. The van der Waals surface area contributed by atoms with Crippen molar-refractivity contribution in [3.63, 3.8) is 0 Å². The summed E-state index contributed by atoms with van der Waals surface area (Å²) in [4.78, 5) is 68.8. The van der Waals surface area contributed by atoms with Crippen LogP contribution in [0.3, 0.4) is 0 Å². The number of carbonyl (C=O) groups excluding carboxylic acids is 3. The van der Waals surface area contributed by atoms with Crippen LogP contribution in [0.5, 0.6) is 0 Å². The van der Waals surface area contributed by atoms with E-state index in [1.54, 1.807) is 34.6 Å². The second-order valence-electron chi connectivity index (χ2n) is 14.3. The van der Waals surface area contributed by atoms with Gasteiger partial charge in [-0.3, -0.25) is 19.1 Å². The number of rotatable bonds is 11. The van der Waals surface area contributed by atoms with E-state index in [2.05, 4.69) is 15.6 Å². The number of esters is 1. The molecule has 2 amide bonds. The fraction of sp³-hybridized carbons (Fsp3) is 0.368. The van der Waals surface area contributed by atoms with Crippen LogP contribution in [0.4, 0.5) is 20.2 Å². The molecular formula is C38H42F2N6O9S. The van der Waals surface area contributed by atoms with Gasteiger partial charge in [-0.2, -0.15) is 0 Å². The Morgan fingerprint density at radius 2 is 1.66 bits per heavy atom. The molecule has 1 fully saturated rings. The summed E-state index contributed by atoms with van der Waals surface area (Å²) in [6.07, 6.45) is 1.34. The van der Waals surface area contributed by atoms with Crippen LogP contribution in [-0.4, -0.2) is 65.7 Å². The van der Waals surface area contributed by atoms with Gasteiger partial charge in [-0.05, 0) is 55.8 Å². The molecule has 3 N–H and O–H groups in total. The molecule has 298 valence electrons. The number of hydrogen-bond acceptors (Lipinski definition) is 10. The summed E-state index contributed by atoms with van der Waals surface area (Å²) in [5, 5.41) is 5.04. The Bertz CT molecular complexity index is 2350. The highest BCUT2D eigenvalue weighted by Gasteiger charge is 2.30. The number of halogens is 2. The summed E-state index contributed by atoms with van der Waals surface area (Å²) in [5.41, 5.74) is -1.97. The Kier molecular flexibility index (Phi) is 12.2. The maximum absolute atomic E-state index is 15.4. The highest BCUT2D eigenvalue weighted by molar-refractivity contribution is 7.92. The molecule has 2 aromatic heterocycles. The van der Waals surface area contributed by atoms with Crippen molar-refractivity contribution in [3.8, 4) is 5.82 Å². The summed E-state index contributed by atoms with van der Waals surface area (Å²) in [7, 11) is -2.93. The first kappa shape index (κ1) is 41.4. The van der Waals surface area contributed by atoms with Crippen molar-refractivity contribution in [2.24, 2.45) is 12.5 Å². The van der Waals surface area contributed by atoms with E-state index in [0.29, 0.717) is 60.7 Å². The van der Waals surface area contributed by atoms with Crippen LogP contribution >= 0.6 is 0 Å². The van der Waals surface area contributed by atoms with Crippen molar-refractivity contribution in [1.29, 1.82) is 0 Å². The Labute approximate surface area is 321 Å². The summed E-state index contributed by atoms with van der Waals surface area (Å²) in [5.74, 6) is -4.95. The van der Waals surface area contributed by atoms with Gasteiger partial charge in [0.25, 0.3) is 21.5 Å². The zero-order valence-electron chi connectivity index (χ0n) is 31.6. The van der Waals surface area contributed by atoms with Crippen LogP contribution in [0.1, 0.15) is 60.8 Å². The number of aromatic nitrogens is 3. The van der Waals surface area contributed by atoms with Gasteiger partial charge in [0.1, 0.15) is 29.6 Å². The number of anilines is 2. The van der Waals surface area contributed by atoms with Crippen molar-refractivity contribution >= 4 is 39.2 Å². The van der Waals surface area contributed by atoms with Gasteiger partial charge >= 0.3 is 11.7 Å². The van der Waals surface area contributed by atoms with Gasteiger partial charge in [-0.1, -0.05) is 26.8 Å². The number of ether oxygens (including phenoxy) is 2. The highest BCUT2D eigenvalue weighted by Crippen LogP contribution is 2.25. The SMILES string of the molecule is Cc1c(C)n(C)c(=O)n(-c2ccc(C[C@H](NC(=O)c3cc(F)c(NS(=O)(=O)c4ccc(NC(=O)C(C)(C)C)cc4)cc3F)C(=O)OC3CCOCC3)cn2)c1=O. The average Bonchev–Trinajstić information content (AvgIpc) is 3.15. The van der Waals surface area contributed by atoms with E-state index in [0.717, 1.165) is 4.57 Å². The second kappa shape index (κ2) is 16.5. The van der Waals surface area contributed by atoms with Gasteiger partial charge in [-0.25, -0.2) is 36.3 Å². The van der Waals surface area contributed by atoms with E-state index in [9.17, 15) is 32.4 Å². The first-order valence-electron chi connectivity index (χ1n) is 17.5. The predicted octanol–water partition coefficient (Wildman–Crippen LogP) is 3.67.